The number of carbonyl (C=O) groups is 1. The SMILES string of the molecule is Cn1c(C(=O)Nc2ccc(F)c(Cl)c2)c(C2CC3CC(O)CC3C2)c2cnccc21. The van der Waals surface area contributed by atoms with Gasteiger partial charge in [0.2, 0.25) is 0 Å². The molecule has 7 heteroatoms. The Hall–Kier alpha value is -2.44. The van der Waals surface area contributed by atoms with Crippen molar-refractivity contribution in [1.82, 2.24) is 9.55 Å². The molecule has 0 spiro atoms. The molecule has 0 radical (unpaired) electrons. The third-order valence-electron chi connectivity index (χ3n) is 6.83. The molecule has 1 amide bonds. The number of halogens is 2. The van der Waals surface area contributed by atoms with Crippen LogP contribution in [-0.2, 0) is 7.05 Å². The molecule has 2 atom stereocenters. The number of hydrogen-bond donors (Lipinski definition) is 2. The van der Waals surface area contributed by atoms with E-state index in [0.717, 1.165) is 42.1 Å². The highest BCUT2D eigenvalue weighted by Crippen LogP contribution is 2.52. The van der Waals surface area contributed by atoms with Crippen molar-refractivity contribution in [1.29, 1.82) is 0 Å². The van der Waals surface area contributed by atoms with E-state index in [-0.39, 0.29) is 23.0 Å². The number of aryl methyl sites for hydroxylation is 1. The first-order chi connectivity index (χ1) is 14.4. The van der Waals surface area contributed by atoms with Gasteiger partial charge in [0, 0.05) is 30.5 Å². The zero-order chi connectivity index (χ0) is 21.0. The number of benzene rings is 1. The van der Waals surface area contributed by atoms with E-state index in [0.29, 0.717) is 23.2 Å². The van der Waals surface area contributed by atoms with Crippen LogP contribution in [0.3, 0.4) is 0 Å². The van der Waals surface area contributed by atoms with E-state index in [9.17, 15) is 14.3 Å². The van der Waals surface area contributed by atoms with E-state index in [1.54, 1.807) is 6.20 Å². The molecule has 0 bridgehead atoms. The lowest BCUT2D eigenvalue weighted by Gasteiger charge is -2.16. The number of amides is 1. The first-order valence-electron chi connectivity index (χ1n) is 10.3. The van der Waals surface area contributed by atoms with E-state index >= 15 is 0 Å². The van der Waals surface area contributed by atoms with Gasteiger partial charge in [-0.15, -0.1) is 0 Å². The second-order valence-electron chi connectivity index (χ2n) is 8.61. The van der Waals surface area contributed by atoms with Crippen LogP contribution >= 0.6 is 11.6 Å². The van der Waals surface area contributed by atoms with Gasteiger partial charge in [-0.1, -0.05) is 11.6 Å². The average molecular weight is 428 g/mol. The number of nitrogens with one attached hydrogen (secondary N) is 1. The van der Waals surface area contributed by atoms with Gasteiger partial charge in [0.15, 0.2) is 0 Å². The van der Waals surface area contributed by atoms with Crippen LogP contribution < -0.4 is 5.32 Å². The highest BCUT2D eigenvalue weighted by Gasteiger charge is 2.43. The molecule has 0 aliphatic heterocycles. The number of aromatic nitrogens is 2. The normalized spacial score (nSPS) is 25.6. The molecule has 1 aromatic carbocycles. The van der Waals surface area contributed by atoms with Crippen LogP contribution in [-0.4, -0.2) is 26.7 Å². The first kappa shape index (κ1) is 19.5. The summed E-state index contributed by atoms with van der Waals surface area (Å²) < 4.78 is 15.4. The molecule has 2 saturated carbocycles. The second kappa shape index (κ2) is 7.36. The standard InChI is InChI=1S/C23H23ClFN3O2/c1-28-20-4-5-26-11-17(20)21(14-6-12-8-16(29)9-13(12)7-14)22(28)23(30)27-15-2-3-19(25)18(24)10-15/h2-5,10-14,16,29H,6-9H2,1H3,(H,27,30). The summed E-state index contributed by atoms with van der Waals surface area (Å²) in [5, 5.41) is 13.8. The Kier molecular flexibility index (Phi) is 4.79. The van der Waals surface area contributed by atoms with Gasteiger partial charge in [-0.2, -0.15) is 0 Å². The van der Waals surface area contributed by atoms with Crippen LogP contribution in [0.2, 0.25) is 5.02 Å². The first-order valence-corrected chi connectivity index (χ1v) is 10.7. The molecule has 5 rings (SSSR count). The van der Waals surface area contributed by atoms with Gasteiger partial charge in [0.05, 0.1) is 16.6 Å². The lowest BCUT2D eigenvalue weighted by molar-refractivity contribution is 0.101. The fourth-order valence-electron chi connectivity index (χ4n) is 5.59. The van der Waals surface area contributed by atoms with Crippen molar-refractivity contribution in [3.05, 3.63) is 58.8 Å². The monoisotopic (exact) mass is 427 g/mol. The smallest absolute Gasteiger partial charge is 0.272 e. The summed E-state index contributed by atoms with van der Waals surface area (Å²) in [4.78, 5) is 17.7. The minimum atomic E-state index is -0.522. The molecule has 2 aromatic heterocycles. The maximum atomic E-state index is 13.5. The number of hydrogen-bond acceptors (Lipinski definition) is 3. The fourth-order valence-corrected chi connectivity index (χ4v) is 5.77. The quantitative estimate of drug-likeness (QED) is 0.625. The summed E-state index contributed by atoms with van der Waals surface area (Å²) in [7, 11) is 1.89. The van der Waals surface area contributed by atoms with E-state index in [2.05, 4.69) is 10.3 Å². The van der Waals surface area contributed by atoms with Crippen LogP contribution in [0.5, 0.6) is 0 Å². The van der Waals surface area contributed by atoms with Crippen molar-refractivity contribution in [3.63, 3.8) is 0 Å². The molecule has 3 aromatic rings. The van der Waals surface area contributed by atoms with Gasteiger partial charge in [-0.05, 0) is 73.3 Å². The molecule has 2 fully saturated rings. The highest BCUT2D eigenvalue weighted by atomic mass is 35.5. The third kappa shape index (κ3) is 3.19. The molecule has 156 valence electrons. The van der Waals surface area contributed by atoms with Crippen molar-refractivity contribution in [2.24, 2.45) is 18.9 Å². The summed E-state index contributed by atoms with van der Waals surface area (Å²) in [6.07, 6.45) is 7.00. The molecule has 0 saturated heterocycles. The average Bonchev–Trinajstić information content (AvgIpc) is 3.34. The van der Waals surface area contributed by atoms with Gasteiger partial charge in [0.25, 0.3) is 5.91 Å². The molecule has 2 aliphatic carbocycles. The van der Waals surface area contributed by atoms with E-state index in [1.807, 2.05) is 23.9 Å². The van der Waals surface area contributed by atoms with Crippen LogP contribution in [0, 0.1) is 17.7 Å². The Balaban J connectivity index is 1.54. The number of fused-ring (bicyclic) bond motifs is 2. The molecule has 2 N–H and O–H groups in total. The summed E-state index contributed by atoms with van der Waals surface area (Å²) in [5.41, 5.74) is 3.03. The molecule has 5 nitrogen and oxygen atoms in total. The van der Waals surface area contributed by atoms with Gasteiger partial charge in [0.1, 0.15) is 11.5 Å². The van der Waals surface area contributed by atoms with E-state index in [1.165, 1.54) is 18.2 Å². The minimum Gasteiger partial charge on any atom is -0.393 e. The summed E-state index contributed by atoms with van der Waals surface area (Å²) >= 11 is 5.88. The van der Waals surface area contributed by atoms with Crippen LogP contribution in [0.25, 0.3) is 10.9 Å². The van der Waals surface area contributed by atoms with Gasteiger partial charge < -0.3 is 15.0 Å². The number of nitrogens with zero attached hydrogens (tertiary/aromatic N) is 2. The van der Waals surface area contributed by atoms with E-state index in [4.69, 9.17) is 11.6 Å². The van der Waals surface area contributed by atoms with E-state index < -0.39 is 5.82 Å². The Morgan fingerprint density at radius 2 is 1.97 bits per heavy atom. The van der Waals surface area contributed by atoms with Gasteiger partial charge in [-0.3, -0.25) is 9.78 Å². The van der Waals surface area contributed by atoms with Gasteiger partial charge >= 0.3 is 0 Å². The van der Waals surface area contributed by atoms with Crippen molar-refractivity contribution in [2.45, 2.75) is 37.7 Å². The van der Waals surface area contributed by atoms with Crippen molar-refractivity contribution >= 4 is 34.1 Å². The minimum absolute atomic E-state index is 0.0311. The number of aliphatic hydroxyl groups is 1. The maximum Gasteiger partial charge on any atom is 0.272 e. The summed E-state index contributed by atoms with van der Waals surface area (Å²) in [6, 6.07) is 6.09. The third-order valence-corrected chi connectivity index (χ3v) is 7.12. The lowest BCUT2D eigenvalue weighted by Crippen LogP contribution is -2.18. The maximum absolute atomic E-state index is 13.5. The Morgan fingerprint density at radius 3 is 2.67 bits per heavy atom. The number of carbonyl (C=O) groups excluding carboxylic acids is 1. The topological polar surface area (TPSA) is 67.2 Å². The predicted octanol–water partition coefficient (Wildman–Crippen LogP) is 4.88. The molecular formula is C23H23ClFN3O2. The van der Waals surface area contributed by atoms with Gasteiger partial charge in [-0.25, -0.2) is 4.39 Å². The largest absolute Gasteiger partial charge is 0.393 e. The van der Waals surface area contributed by atoms with Crippen molar-refractivity contribution in [2.75, 3.05) is 5.32 Å². The zero-order valence-electron chi connectivity index (χ0n) is 16.6. The predicted molar refractivity (Wildman–Crippen MR) is 114 cm³/mol. The molecular weight excluding hydrogens is 405 g/mol. The van der Waals surface area contributed by atoms with Crippen LogP contribution in [0.4, 0.5) is 10.1 Å². The fraction of sp³-hybridized carbons (Fsp3) is 0.391. The van der Waals surface area contributed by atoms with Crippen LogP contribution in [0.1, 0.15) is 47.7 Å². The Morgan fingerprint density at radius 1 is 1.23 bits per heavy atom. The number of aliphatic hydroxyl groups excluding tert-OH is 1. The molecule has 2 unspecified atom stereocenters. The number of rotatable bonds is 3. The Bertz CT molecular complexity index is 1130. The second-order valence-corrected chi connectivity index (χ2v) is 9.02. The molecule has 2 aliphatic rings. The molecule has 2 heterocycles. The lowest BCUT2D eigenvalue weighted by atomic mass is 9.92. The number of anilines is 1. The Labute approximate surface area is 178 Å². The van der Waals surface area contributed by atoms with Crippen molar-refractivity contribution in [3.8, 4) is 0 Å². The highest BCUT2D eigenvalue weighted by molar-refractivity contribution is 6.31. The number of pyridine rings is 1. The summed E-state index contributed by atoms with van der Waals surface area (Å²) in [5.74, 6) is 0.486. The van der Waals surface area contributed by atoms with Crippen molar-refractivity contribution < 1.29 is 14.3 Å². The van der Waals surface area contributed by atoms with Crippen LogP contribution in [0.15, 0.2) is 36.7 Å². The summed E-state index contributed by atoms with van der Waals surface area (Å²) in [6.45, 7) is 0. The molecule has 30 heavy (non-hydrogen) atoms. The zero-order valence-corrected chi connectivity index (χ0v) is 17.4.